The summed E-state index contributed by atoms with van der Waals surface area (Å²) in [6, 6.07) is 61.0. The number of phenolic OH excluding ortho intramolecular Hbond substituents is 3. The highest BCUT2D eigenvalue weighted by molar-refractivity contribution is 6.03. The van der Waals surface area contributed by atoms with Gasteiger partial charge in [0, 0.05) is 89.6 Å². The SMILES string of the molecule is COC(=O)CN1CCOCCOc2ccccc2OCCOc2cc(-c3c4cc(F)c(=O)cc-4oc4cc(O)c(F)cc34)ccc21.COC(=O)CN1CCOCCOc2ccccc2OCCOc2cc(C3c4cc(F)c(O)cc4Oc4cc(O)c(F)cc43)ccc21.COC(=O)CN1CCOCCOc2ccccc2OCCOc2cc(C=O)ccc21.COC(=O)CN1CCOCCOc2ccccc2OCCOc2ccccc21. The Bertz CT molecular complexity index is 6780. The molecule has 0 bridgehead atoms. The molecule has 0 fully saturated rings. The van der Waals surface area contributed by atoms with E-state index in [-0.39, 0.29) is 145 Å². The van der Waals surface area contributed by atoms with Crippen molar-refractivity contribution < 1.29 is 161 Å². The van der Waals surface area contributed by atoms with Crippen LogP contribution in [0.5, 0.6) is 97.7 Å². The fraction of sp³-hybridized carbons (Fsp3) is 0.297. The fourth-order valence-corrected chi connectivity index (χ4v) is 16.5. The minimum Gasteiger partial charge on any atom is -0.505 e. The summed E-state index contributed by atoms with van der Waals surface area (Å²) in [6.07, 6.45) is 0.747. The molecule has 3 N–H and O–H groups in total. The Morgan fingerprint density at radius 3 is 1.03 bits per heavy atom. The van der Waals surface area contributed by atoms with E-state index >= 15 is 0 Å². The number of benzene rings is 12. The number of carbonyl (C=O) groups excluding carboxylic acids is 5. The Balaban J connectivity index is 0.000000153. The van der Waals surface area contributed by atoms with E-state index in [1.807, 2.05) is 102 Å². The number of anilines is 4. The molecule has 11 aromatic carbocycles. The van der Waals surface area contributed by atoms with E-state index in [0.717, 1.165) is 60.5 Å². The maximum Gasteiger partial charge on any atom is 0.325 e. The van der Waals surface area contributed by atoms with Crippen LogP contribution in [0.4, 0.5) is 40.3 Å². The molecule has 150 heavy (non-hydrogen) atoms. The summed E-state index contributed by atoms with van der Waals surface area (Å²) in [5, 5.41) is 30.4. The zero-order chi connectivity index (χ0) is 105. The minimum atomic E-state index is -1.02. The molecule has 39 heteroatoms. The van der Waals surface area contributed by atoms with Crippen molar-refractivity contribution in [1.82, 2.24) is 0 Å². The van der Waals surface area contributed by atoms with Crippen LogP contribution in [0.1, 0.15) is 33.0 Å². The molecule has 0 atom stereocenters. The number of para-hydroxylation sites is 10. The van der Waals surface area contributed by atoms with Crippen molar-refractivity contribution in [3.8, 4) is 120 Å². The molecule has 7 aliphatic rings. The van der Waals surface area contributed by atoms with Crippen LogP contribution < -0.4 is 86.6 Å². The third-order valence-electron chi connectivity index (χ3n) is 23.7. The van der Waals surface area contributed by atoms with Gasteiger partial charge in [-0.25, -0.2) is 17.6 Å². The van der Waals surface area contributed by atoms with E-state index in [4.69, 9.17) is 104 Å². The van der Waals surface area contributed by atoms with Crippen molar-refractivity contribution in [2.45, 2.75) is 5.92 Å². The molecular weight excluding hydrogens is 1960 g/mol. The van der Waals surface area contributed by atoms with Crippen LogP contribution in [0.15, 0.2) is 234 Å². The van der Waals surface area contributed by atoms with Gasteiger partial charge >= 0.3 is 23.9 Å². The van der Waals surface area contributed by atoms with E-state index in [1.165, 1.54) is 28.4 Å². The predicted octanol–water partition coefficient (Wildman–Crippen LogP) is 15.8. The van der Waals surface area contributed by atoms with Gasteiger partial charge < -0.3 is 139 Å². The van der Waals surface area contributed by atoms with E-state index in [2.05, 4.69) is 0 Å². The maximum atomic E-state index is 14.7. The molecule has 0 aromatic heterocycles. The smallest absolute Gasteiger partial charge is 0.325 e. The molecule has 788 valence electrons. The Morgan fingerprint density at radius 1 is 0.327 bits per heavy atom. The van der Waals surface area contributed by atoms with Gasteiger partial charge in [0.1, 0.15) is 158 Å². The Labute approximate surface area is 859 Å². The highest BCUT2D eigenvalue weighted by Gasteiger charge is 2.35. The van der Waals surface area contributed by atoms with Crippen LogP contribution in [0.3, 0.4) is 0 Å². The van der Waals surface area contributed by atoms with Crippen LogP contribution in [-0.2, 0) is 57.1 Å². The van der Waals surface area contributed by atoms with Crippen molar-refractivity contribution in [3.63, 3.8) is 0 Å². The van der Waals surface area contributed by atoms with Crippen LogP contribution >= 0.6 is 0 Å². The van der Waals surface area contributed by atoms with Gasteiger partial charge in [-0.05, 0) is 139 Å². The number of carbonyl (C=O) groups is 5. The molecule has 0 unspecified atom stereocenters. The van der Waals surface area contributed by atoms with Gasteiger partial charge in [-0.15, -0.1) is 0 Å². The summed E-state index contributed by atoms with van der Waals surface area (Å²) in [7, 11) is 5.31. The third kappa shape index (κ3) is 28.5. The van der Waals surface area contributed by atoms with Crippen molar-refractivity contribution in [1.29, 1.82) is 0 Å². The first-order chi connectivity index (χ1) is 73.1. The number of rotatable bonds is 11. The molecule has 18 rings (SSSR count). The minimum absolute atomic E-state index is 0.0229. The number of aromatic hydroxyl groups is 3. The largest absolute Gasteiger partial charge is 0.505 e. The summed E-state index contributed by atoms with van der Waals surface area (Å²) in [5.41, 5.74) is 4.41. The molecule has 1 aliphatic carbocycles. The number of phenols is 3. The molecule has 11 aromatic rings. The summed E-state index contributed by atoms with van der Waals surface area (Å²) >= 11 is 0. The molecule has 6 aliphatic heterocycles. The van der Waals surface area contributed by atoms with Gasteiger partial charge in [-0.2, -0.15) is 0 Å². The van der Waals surface area contributed by atoms with Crippen LogP contribution in [-0.4, -0.2) is 258 Å². The average molecular weight is 2070 g/mol. The number of nitrogens with zero attached hydrogens (tertiary/aromatic N) is 4. The van der Waals surface area contributed by atoms with E-state index in [1.54, 1.807) is 93.6 Å². The number of halogens is 4. The van der Waals surface area contributed by atoms with E-state index in [0.29, 0.717) is 205 Å². The molecule has 0 saturated carbocycles. The fourth-order valence-electron chi connectivity index (χ4n) is 16.5. The molecular formula is C111H110F4N4O31. The maximum absolute atomic E-state index is 14.7. The Hall–Kier alpha value is -16.8. The number of hydrogen-bond acceptors (Lipinski definition) is 35. The van der Waals surface area contributed by atoms with Gasteiger partial charge in [-0.1, -0.05) is 72.8 Å². The summed E-state index contributed by atoms with van der Waals surface area (Å²) < 4.78 is 184. The summed E-state index contributed by atoms with van der Waals surface area (Å²) in [6.45, 7) is 7.19. The van der Waals surface area contributed by atoms with E-state index < -0.39 is 63.8 Å². The molecule has 0 radical (unpaired) electrons. The highest BCUT2D eigenvalue weighted by atomic mass is 19.1. The number of aldehydes is 1. The molecule has 6 heterocycles. The molecule has 0 amide bonds. The van der Waals surface area contributed by atoms with Gasteiger partial charge in [0.25, 0.3) is 0 Å². The molecule has 35 nitrogen and oxygen atoms in total. The number of fused-ring (bicyclic) bond motifs is 12. The first kappa shape index (κ1) is 107. The van der Waals surface area contributed by atoms with Crippen LogP contribution in [0.2, 0.25) is 0 Å². The second-order valence-electron chi connectivity index (χ2n) is 33.4. The van der Waals surface area contributed by atoms with E-state index in [9.17, 15) is 61.6 Å². The normalized spacial score (nSPS) is 14.9. The Kier molecular flexibility index (Phi) is 38.4. The lowest BCUT2D eigenvalue weighted by Gasteiger charge is -2.31. The second kappa shape index (κ2) is 53.5. The lowest BCUT2D eigenvalue weighted by molar-refractivity contribution is -0.139. The van der Waals surface area contributed by atoms with Gasteiger partial charge in [-0.3, -0.25) is 28.8 Å². The lowest BCUT2D eigenvalue weighted by Crippen LogP contribution is -2.34. The van der Waals surface area contributed by atoms with Gasteiger partial charge in [0.15, 0.2) is 86.5 Å². The van der Waals surface area contributed by atoms with Gasteiger partial charge in [0.2, 0.25) is 5.43 Å². The summed E-state index contributed by atoms with van der Waals surface area (Å²) in [5.74, 6) is -1.15. The Morgan fingerprint density at radius 2 is 0.647 bits per heavy atom. The number of ether oxygens (including phenoxy) is 21. The zero-order valence-corrected chi connectivity index (χ0v) is 82.4. The summed E-state index contributed by atoms with van der Waals surface area (Å²) in [4.78, 5) is 79.2. The number of methoxy groups -OCH3 is 4. The van der Waals surface area contributed by atoms with Crippen molar-refractivity contribution >= 4 is 63.9 Å². The molecule has 0 saturated heterocycles. The number of hydrogen-bond donors (Lipinski definition) is 3. The van der Waals surface area contributed by atoms with Crippen molar-refractivity contribution in [3.05, 3.63) is 280 Å². The standard InChI is InChI=1S/C34H31F2NO9.C34H29F2NO9.C22H25NO7.C21H25NO6/c2*1-41-33(40)19-37-8-9-42-10-11-43-28-4-2-3-5-29(28)44-12-13-45-32-14-20(6-7-25(32)37)34-21-15-23(35)26(38)17-30(21)46-31-18-27(39)24(36)16-22(31)34;1-26-22(25)15-23-8-9-27-10-11-28-19-4-2-3-5-20(19)29-12-13-30-21-14-17(16-24)6-7-18(21)23;1-24-21(23)16-22-10-11-25-12-13-27-19-8-4-5-9-20(19)28-15-14-26-18-7-3-2-6-17(18)22/h2-7,14-18,34,38-39H,8-13,19H2,1H3;2-7,14-18,38H,8-13,19H2,1H3;2-7,14,16H,8-13,15H2,1H3;2-9H,10-16H2,1H3. The third-order valence-corrected chi connectivity index (χ3v) is 23.7. The quantitative estimate of drug-likeness (QED) is 0.0356. The highest BCUT2D eigenvalue weighted by Crippen LogP contribution is 2.52. The zero-order valence-electron chi connectivity index (χ0n) is 82.4. The van der Waals surface area contributed by atoms with Gasteiger partial charge in [0.05, 0.1) is 104 Å². The average Bonchev–Trinajstić information content (AvgIpc) is 0.745. The second-order valence-corrected chi connectivity index (χ2v) is 33.4. The topological polar surface area (TPSA) is 383 Å². The molecule has 0 spiro atoms. The van der Waals surface area contributed by atoms with Crippen molar-refractivity contribution in [2.75, 3.05) is 233 Å². The first-order valence-electron chi connectivity index (χ1n) is 47.9. The lowest BCUT2D eigenvalue weighted by atomic mass is 9.82. The van der Waals surface area contributed by atoms with Crippen LogP contribution in [0.25, 0.3) is 33.4 Å². The monoisotopic (exact) mass is 2070 g/mol. The van der Waals surface area contributed by atoms with Crippen LogP contribution in [0, 0.1) is 23.3 Å². The predicted molar refractivity (Wildman–Crippen MR) is 540 cm³/mol. The first-order valence-corrected chi connectivity index (χ1v) is 47.9. The number of esters is 4. The van der Waals surface area contributed by atoms with Crippen molar-refractivity contribution in [2.24, 2.45) is 0 Å².